The molecule has 0 aliphatic carbocycles. The van der Waals surface area contributed by atoms with Crippen molar-refractivity contribution in [2.24, 2.45) is 0 Å². The van der Waals surface area contributed by atoms with Gasteiger partial charge in [-0.05, 0) is 60.4 Å². The van der Waals surface area contributed by atoms with Crippen LogP contribution < -0.4 is 0 Å². The monoisotopic (exact) mass is 364 g/mol. The highest BCUT2D eigenvalue weighted by molar-refractivity contribution is 7.21. The van der Waals surface area contributed by atoms with Crippen LogP contribution in [0.5, 0.6) is 0 Å². The second-order valence-corrected chi connectivity index (χ2v) is 11.5. The maximum absolute atomic E-state index is 3.29. The molecule has 0 amide bonds. The summed E-state index contributed by atoms with van der Waals surface area (Å²) in [6.45, 7) is 11.7. The molecule has 0 N–H and O–H groups in total. The van der Waals surface area contributed by atoms with Crippen LogP contribution in [0.15, 0.2) is 0 Å². The molecule has 3 unspecified atom stereocenters. The molecule has 0 nitrogen and oxygen atoms in total. The zero-order valence-electron chi connectivity index (χ0n) is 16.0. The van der Waals surface area contributed by atoms with Gasteiger partial charge in [-0.1, -0.05) is 60.3 Å². The lowest BCUT2D eigenvalue weighted by Crippen LogP contribution is -2.38. The fourth-order valence-electron chi connectivity index (χ4n) is 4.31. The van der Waals surface area contributed by atoms with E-state index in [1.807, 2.05) is 0 Å². The molecular weight excluding hydrogens is 321 g/mol. The molecule has 22 heavy (non-hydrogen) atoms. The Kier molecular flexibility index (Phi) is 11.7. The Morgan fingerprint density at radius 2 is 0.773 bits per heavy atom. The molecule has 0 aromatic heterocycles. The SMILES string of the molecule is CCCC(P)(CCC)CC(P)(CC)CC(P)(CCC)CCC. The minimum Gasteiger partial charge on any atom is -0.131 e. The second-order valence-electron chi connectivity index (χ2n) is 7.79. The van der Waals surface area contributed by atoms with Gasteiger partial charge < -0.3 is 0 Å². The summed E-state index contributed by atoms with van der Waals surface area (Å²) in [6, 6.07) is 0. The molecule has 0 rings (SSSR count). The van der Waals surface area contributed by atoms with Crippen molar-refractivity contribution in [3.8, 4) is 0 Å². The summed E-state index contributed by atoms with van der Waals surface area (Å²) in [5.74, 6) is 0. The van der Waals surface area contributed by atoms with Crippen LogP contribution in [0.4, 0.5) is 0 Å². The molecular formula is C19H43P3. The zero-order chi connectivity index (χ0) is 17.3. The van der Waals surface area contributed by atoms with Crippen molar-refractivity contribution in [1.29, 1.82) is 0 Å². The average Bonchev–Trinajstić information content (AvgIpc) is 2.38. The van der Waals surface area contributed by atoms with Crippen molar-refractivity contribution in [3.05, 3.63) is 0 Å². The molecule has 3 atom stereocenters. The lowest BCUT2D eigenvalue weighted by Gasteiger charge is -2.44. The summed E-state index contributed by atoms with van der Waals surface area (Å²) in [4.78, 5) is 0. The van der Waals surface area contributed by atoms with E-state index in [4.69, 9.17) is 0 Å². The van der Waals surface area contributed by atoms with E-state index < -0.39 is 0 Å². The van der Waals surface area contributed by atoms with E-state index in [2.05, 4.69) is 62.3 Å². The third kappa shape index (κ3) is 8.41. The van der Waals surface area contributed by atoms with Crippen molar-refractivity contribution < 1.29 is 0 Å². The Morgan fingerprint density at radius 1 is 0.500 bits per heavy atom. The van der Waals surface area contributed by atoms with Crippen molar-refractivity contribution in [3.63, 3.8) is 0 Å². The van der Waals surface area contributed by atoms with Gasteiger partial charge in [0.25, 0.3) is 0 Å². The smallest absolute Gasteiger partial charge is 0.0136 e. The van der Waals surface area contributed by atoms with Gasteiger partial charge in [-0.25, -0.2) is 0 Å². The van der Waals surface area contributed by atoms with E-state index in [-0.39, 0.29) is 0 Å². The summed E-state index contributed by atoms with van der Waals surface area (Å²) < 4.78 is 0. The predicted octanol–water partition coefficient (Wildman–Crippen LogP) is 7.22. The van der Waals surface area contributed by atoms with E-state index >= 15 is 0 Å². The molecule has 0 heterocycles. The summed E-state index contributed by atoms with van der Waals surface area (Å²) in [7, 11) is 9.80. The van der Waals surface area contributed by atoms with Crippen LogP contribution in [0.25, 0.3) is 0 Å². The maximum atomic E-state index is 3.29. The number of rotatable bonds is 13. The van der Waals surface area contributed by atoms with Gasteiger partial charge in [-0.3, -0.25) is 0 Å². The van der Waals surface area contributed by atoms with Gasteiger partial charge in [0.05, 0.1) is 0 Å². The van der Waals surface area contributed by atoms with Crippen molar-refractivity contribution in [2.45, 2.75) is 121 Å². The summed E-state index contributed by atoms with van der Waals surface area (Å²) >= 11 is 0. The molecule has 0 saturated heterocycles. The molecule has 0 spiro atoms. The minimum atomic E-state index is 0.387. The van der Waals surface area contributed by atoms with E-state index in [0.29, 0.717) is 15.5 Å². The molecule has 0 aromatic carbocycles. The van der Waals surface area contributed by atoms with Gasteiger partial charge >= 0.3 is 0 Å². The average molecular weight is 364 g/mol. The van der Waals surface area contributed by atoms with Gasteiger partial charge in [0.1, 0.15) is 0 Å². The Labute approximate surface area is 148 Å². The van der Waals surface area contributed by atoms with Crippen LogP contribution in [0, 0.1) is 0 Å². The highest BCUT2D eigenvalue weighted by Crippen LogP contribution is 2.49. The van der Waals surface area contributed by atoms with E-state index in [1.54, 1.807) is 0 Å². The Bertz CT molecular complexity index is 252. The third-order valence-corrected chi connectivity index (χ3v) is 7.48. The van der Waals surface area contributed by atoms with Gasteiger partial charge in [-0.2, -0.15) is 0 Å². The standard InChI is InChI=1S/C19H43P3/c1-6-11-18(21,12-7-2)15-17(20,10-5)16-19(22,13-8-3)14-9-4/h6-16,20-22H2,1-5H3. The lowest BCUT2D eigenvalue weighted by atomic mass is 9.78. The van der Waals surface area contributed by atoms with Crippen LogP contribution >= 0.6 is 27.7 Å². The van der Waals surface area contributed by atoms with Gasteiger partial charge in [-0.15, -0.1) is 27.7 Å². The van der Waals surface area contributed by atoms with Crippen LogP contribution in [-0.4, -0.2) is 15.5 Å². The van der Waals surface area contributed by atoms with Crippen molar-refractivity contribution >= 4 is 27.7 Å². The molecule has 134 valence electrons. The minimum absolute atomic E-state index is 0.387. The third-order valence-electron chi connectivity index (χ3n) is 5.10. The summed E-state index contributed by atoms with van der Waals surface area (Å²) in [5.41, 5.74) is 0. The molecule has 0 aliphatic heterocycles. The Balaban J connectivity index is 5.13. The number of hydrogen-bond donors (Lipinski definition) is 0. The first kappa shape index (κ1) is 23.3. The van der Waals surface area contributed by atoms with Crippen molar-refractivity contribution in [2.75, 3.05) is 0 Å². The molecule has 0 aromatic rings. The second kappa shape index (κ2) is 11.0. The Morgan fingerprint density at radius 3 is 0.955 bits per heavy atom. The fraction of sp³-hybridized carbons (Fsp3) is 1.00. The molecule has 0 radical (unpaired) electrons. The highest BCUT2D eigenvalue weighted by Gasteiger charge is 2.38. The summed E-state index contributed by atoms with van der Waals surface area (Å²) in [5, 5.41) is 1.26. The normalized spacial score (nSPS) is 13.6. The van der Waals surface area contributed by atoms with Gasteiger partial charge in [0.15, 0.2) is 0 Å². The first-order valence-corrected chi connectivity index (χ1v) is 11.3. The molecule has 0 fully saturated rings. The first-order chi connectivity index (χ1) is 10.2. The Hall–Kier alpha value is 1.29. The number of hydrogen-bond acceptors (Lipinski definition) is 0. The van der Waals surface area contributed by atoms with E-state index in [0.717, 1.165) is 0 Å². The zero-order valence-corrected chi connectivity index (χ0v) is 19.5. The van der Waals surface area contributed by atoms with Crippen LogP contribution in [0.2, 0.25) is 0 Å². The molecule has 0 bridgehead atoms. The van der Waals surface area contributed by atoms with Crippen LogP contribution in [0.1, 0.15) is 105 Å². The largest absolute Gasteiger partial charge is 0.131 e. The predicted molar refractivity (Wildman–Crippen MR) is 116 cm³/mol. The van der Waals surface area contributed by atoms with Gasteiger partial charge in [0, 0.05) is 0 Å². The molecule has 0 aliphatic rings. The highest BCUT2D eigenvalue weighted by atomic mass is 31.0. The fourth-order valence-corrected chi connectivity index (χ4v) is 7.56. The van der Waals surface area contributed by atoms with Crippen LogP contribution in [0.3, 0.4) is 0 Å². The first-order valence-electron chi connectivity index (χ1n) is 9.58. The van der Waals surface area contributed by atoms with Crippen molar-refractivity contribution in [1.82, 2.24) is 0 Å². The summed E-state index contributed by atoms with van der Waals surface area (Å²) in [6.07, 6.45) is 14.5. The molecule has 0 saturated carbocycles. The van der Waals surface area contributed by atoms with E-state index in [1.165, 1.54) is 70.6 Å². The maximum Gasteiger partial charge on any atom is -0.0136 e. The topological polar surface area (TPSA) is 0 Å². The van der Waals surface area contributed by atoms with Gasteiger partial charge in [0.2, 0.25) is 0 Å². The van der Waals surface area contributed by atoms with E-state index in [9.17, 15) is 0 Å². The molecule has 3 heteroatoms. The lowest BCUT2D eigenvalue weighted by molar-refractivity contribution is 0.323. The quantitative estimate of drug-likeness (QED) is 0.303. The van der Waals surface area contributed by atoms with Crippen LogP contribution in [-0.2, 0) is 0 Å².